The number of nitrogens with zero attached hydrogens (tertiary/aromatic N) is 1. The molecule has 86 valence electrons. The van der Waals surface area contributed by atoms with E-state index in [-0.39, 0.29) is 11.4 Å². The van der Waals surface area contributed by atoms with Crippen LogP contribution in [0.4, 0.5) is 5.82 Å². The number of hydrogen-bond acceptors (Lipinski definition) is 3. The molecule has 1 aliphatic rings. The number of carboxylic acid groups (broad SMARTS) is 1. The molecule has 4 nitrogen and oxygen atoms in total. The smallest absolute Gasteiger partial charge is 0.339 e. The lowest BCUT2D eigenvalue weighted by Crippen LogP contribution is -2.13. The van der Waals surface area contributed by atoms with E-state index in [1.807, 2.05) is 6.92 Å². The van der Waals surface area contributed by atoms with E-state index in [0.717, 1.165) is 48.9 Å². The summed E-state index contributed by atoms with van der Waals surface area (Å²) in [5.41, 5.74) is 8.83. The Kier molecular flexibility index (Phi) is 2.81. The van der Waals surface area contributed by atoms with Crippen LogP contribution in [0.5, 0.6) is 0 Å². The predicted octanol–water partition coefficient (Wildman–Crippen LogP) is 1.94. The number of hydrogen-bond donors (Lipinski definition) is 2. The Morgan fingerprint density at radius 2 is 1.88 bits per heavy atom. The van der Waals surface area contributed by atoms with Gasteiger partial charge in [-0.3, -0.25) is 0 Å². The zero-order valence-electron chi connectivity index (χ0n) is 9.42. The summed E-state index contributed by atoms with van der Waals surface area (Å²) in [6, 6.07) is 0. The summed E-state index contributed by atoms with van der Waals surface area (Å²) < 4.78 is 0. The maximum Gasteiger partial charge on any atom is 0.339 e. The molecule has 16 heavy (non-hydrogen) atoms. The van der Waals surface area contributed by atoms with Crippen molar-refractivity contribution < 1.29 is 9.90 Å². The van der Waals surface area contributed by atoms with Crippen LogP contribution in [-0.2, 0) is 12.8 Å². The van der Waals surface area contributed by atoms with Crippen LogP contribution in [0, 0.1) is 6.92 Å². The Bertz CT molecular complexity index is 441. The molecule has 2 rings (SSSR count). The monoisotopic (exact) mass is 220 g/mol. The molecular formula is C12H16N2O2. The molecule has 4 heteroatoms. The molecule has 0 bridgehead atoms. The molecule has 0 saturated heterocycles. The number of aryl methyl sites for hydroxylation is 1. The summed E-state index contributed by atoms with van der Waals surface area (Å²) in [5, 5.41) is 9.18. The number of anilines is 1. The molecule has 3 N–H and O–H groups in total. The van der Waals surface area contributed by atoms with Crippen molar-refractivity contribution in [3.63, 3.8) is 0 Å². The fourth-order valence-corrected chi connectivity index (χ4v) is 2.45. The Balaban J connectivity index is 2.65. The highest BCUT2D eigenvalue weighted by atomic mass is 16.4. The summed E-state index contributed by atoms with van der Waals surface area (Å²) in [6.07, 6.45) is 5.03. The zero-order valence-corrected chi connectivity index (χ0v) is 9.42. The molecule has 0 aliphatic heterocycles. The van der Waals surface area contributed by atoms with Crippen molar-refractivity contribution >= 4 is 11.8 Å². The van der Waals surface area contributed by atoms with Crippen molar-refractivity contribution in [3.8, 4) is 0 Å². The van der Waals surface area contributed by atoms with Gasteiger partial charge >= 0.3 is 5.97 Å². The van der Waals surface area contributed by atoms with Gasteiger partial charge in [-0.1, -0.05) is 6.42 Å². The minimum absolute atomic E-state index is 0.158. The Morgan fingerprint density at radius 3 is 2.50 bits per heavy atom. The van der Waals surface area contributed by atoms with Gasteiger partial charge in [0.15, 0.2) is 0 Å². The van der Waals surface area contributed by atoms with Gasteiger partial charge in [-0.25, -0.2) is 9.78 Å². The van der Waals surface area contributed by atoms with Crippen LogP contribution in [0.25, 0.3) is 0 Å². The summed E-state index contributed by atoms with van der Waals surface area (Å²) in [7, 11) is 0. The van der Waals surface area contributed by atoms with Gasteiger partial charge in [-0.05, 0) is 43.7 Å². The van der Waals surface area contributed by atoms with Gasteiger partial charge in [0.1, 0.15) is 11.4 Å². The summed E-state index contributed by atoms with van der Waals surface area (Å²) in [4.78, 5) is 15.3. The van der Waals surface area contributed by atoms with Crippen LogP contribution in [0.1, 0.15) is 46.4 Å². The van der Waals surface area contributed by atoms with E-state index in [4.69, 9.17) is 5.73 Å². The van der Waals surface area contributed by atoms with E-state index in [2.05, 4.69) is 4.98 Å². The van der Waals surface area contributed by atoms with Crippen molar-refractivity contribution in [1.82, 2.24) is 4.98 Å². The number of pyridine rings is 1. The molecule has 0 aromatic carbocycles. The first-order valence-electron chi connectivity index (χ1n) is 5.62. The number of fused-ring (bicyclic) bond motifs is 1. The molecule has 1 aliphatic carbocycles. The first-order valence-corrected chi connectivity index (χ1v) is 5.62. The third kappa shape index (κ3) is 1.75. The van der Waals surface area contributed by atoms with Crippen molar-refractivity contribution in [2.24, 2.45) is 0 Å². The fourth-order valence-electron chi connectivity index (χ4n) is 2.45. The molecule has 1 heterocycles. The second kappa shape index (κ2) is 4.12. The topological polar surface area (TPSA) is 76.2 Å². The quantitative estimate of drug-likeness (QED) is 0.709. The van der Waals surface area contributed by atoms with Gasteiger partial charge < -0.3 is 10.8 Å². The average molecular weight is 220 g/mol. The van der Waals surface area contributed by atoms with Crippen molar-refractivity contribution in [3.05, 3.63) is 22.4 Å². The zero-order chi connectivity index (χ0) is 11.7. The minimum atomic E-state index is -0.955. The van der Waals surface area contributed by atoms with Gasteiger partial charge in [0.05, 0.1) is 0 Å². The average Bonchev–Trinajstić information content (AvgIpc) is 2.42. The number of nitrogens with two attached hydrogens (primary N) is 1. The molecule has 0 atom stereocenters. The van der Waals surface area contributed by atoms with E-state index in [1.165, 1.54) is 0 Å². The maximum atomic E-state index is 11.2. The first-order chi connectivity index (χ1) is 7.61. The van der Waals surface area contributed by atoms with Gasteiger partial charge in [0.2, 0.25) is 0 Å². The van der Waals surface area contributed by atoms with Crippen LogP contribution in [0.15, 0.2) is 0 Å². The molecule has 0 unspecified atom stereocenters. The molecular weight excluding hydrogens is 204 g/mol. The van der Waals surface area contributed by atoms with E-state index < -0.39 is 5.97 Å². The van der Waals surface area contributed by atoms with Crippen molar-refractivity contribution in [2.45, 2.75) is 39.0 Å². The van der Waals surface area contributed by atoms with Crippen LogP contribution in [0.3, 0.4) is 0 Å². The van der Waals surface area contributed by atoms with Gasteiger partial charge in [0, 0.05) is 5.69 Å². The third-order valence-corrected chi connectivity index (χ3v) is 3.21. The summed E-state index contributed by atoms with van der Waals surface area (Å²) in [5.74, 6) is -0.797. The predicted molar refractivity (Wildman–Crippen MR) is 61.6 cm³/mol. The highest BCUT2D eigenvalue weighted by Crippen LogP contribution is 2.28. The number of rotatable bonds is 1. The molecule has 0 saturated carbocycles. The third-order valence-electron chi connectivity index (χ3n) is 3.21. The summed E-state index contributed by atoms with van der Waals surface area (Å²) in [6.45, 7) is 1.91. The second-order valence-corrected chi connectivity index (χ2v) is 4.28. The first kappa shape index (κ1) is 10.9. The lowest BCUT2D eigenvalue weighted by atomic mass is 9.96. The second-order valence-electron chi connectivity index (χ2n) is 4.28. The summed E-state index contributed by atoms with van der Waals surface area (Å²) >= 11 is 0. The molecule has 1 aromatic heterocycles. The van der Waals surface area contributed by atoms with Crippen LogP contribution in [-0.4, -0.2) is 16.1 Å². The number of carboxylic acids is 1. The standard InChI is InChI=1S/C12H16N2O2/c1-7-8-5-3-2-4-6-9(8)10(12(15)16)11(13)14-7/h2-6H2,1H3,(H2,13,14)(H,15,16). The molecule has 0 radical (unpaired) electrons. The highest BCUT2D eigenvalue weighted by Gasteiger charge is 2.22. The highest BCUT2D eigenvalue weighted by molar-refractivity contribution is 5.94. The van der Waals surface area contributed by atoms with E-state index in [9.17, 15) is 9.90 Å². The normalized spacial score (nSPS) is 15.3. The fraction of sp³-hybridized carbons (Fsp3) is 0.500. The lowest BCUT2D eigenvalue weighted by molar-refractivity contribution is 0.0696. The van der Waals surface area contributed by atoms with E-state index >= 15 is 0 Å². The Hall–Kier alpha value is -1.58. The molecule has 0 amide bonds. The number of carbonyl (C=O) groups is 1. The van der Waals surface area contributed by atoms with Crippen molar-refractivity contribution in [2.75, 3.05) is 5.73 Å². The lowest BCUT2D eigenvalue weighted by Gasteiger charge is -2.13. The number of nitrogen functional groups attached to an aromatic ring is 1. The molecule has 0 spiro atoms. The van der Waals surface area contributed by atoms with Crippen LogP contribution < -0.4 is 5.73 Å². The van der Waals surface area contributed by atoms with Crippen LogP contribution >= 0.6 is 0 Å². The van der Waals surface area contributed by atoms with E-state index in [0.29, 0.717) is 0 Å². The Labute approximate surface area is 94.5 Å². The number of aromatic nitrogens is 1. The van der Waals surface area contributed by atoms with Gasteiger partial charge in [-0.2, -0.15) is 0 Å². The maximum absolute atomic E-state index is 11.2. The van der Waals surface area contributed by atoms with Gasteiger partial charge in [-0.15, -0.1) is 0 Å². The van der Waals surface area contributed by atoms with E-state index in [1.54, 1.807) is 0 Å². The molecule has 0 fully saturated rings. The van der Waals surface area contributed by atoms with Gasteiger partial charge in [0.25, 0.3) is 0 Å². The largest absolute Gasteiger partial charge is 0.478 e. The van der Waals surface area contributed by atoms with Crippen molar-refractivity contribution in [1.29, 1.82) is 0 Å². The number of aromatic carboxylic acids is 1. The van der Waals surface area contributed by atoms with Crippen LogP contribution in [0.2, 0.25) is 0 Å². The Morgan fingerprint density at radius 1 is 1.25 bits per heavy atom. The SMILES string of the molecule is Cc1nc(N)c(C(=O)O)c2c1CCCCC2. The molecule has 1 aromatic rings. The minimum Gasteiger partial charge on any atom is -0.478 e.